The van der Waals surface area contributed by atoms with Crippen LogP contribution in [0, 0.1) is 6.92 Å². The molecule has 0 saturated heterocycles. The molecule has 3 heteroatoms. The number of hydrogen-bond donors (Lipinski definition) is 1. The summed E-state index contributed by atoms with van der Waals surface area (Å²) in [5, 5.41) is 2.88. The van der Waals surface area contributed by atoms with E-state index in [4.69, 9.17) is 4.74 Å². The molecule has 0 fully saturated rings. The lowest BCUT2D eigenvalue weighted by molar-refractivity contribution is -0.122. The number of carbonyl (C=O) groups is 1. The number of ether oxygens (including phenoxy) is 1. The number of hydrogen-bond acceptors (Lipinski definition) is 2. The Kier molecular flexibility index (Phi) is 5.21. The van der Waals surface area contributed by atoms with Crippen LogP contribution in [0.1, 0.15) is 37.8 Å². The maximum atomic E-state index is 12.2. The van der Waals surface area contributed by atoms with Gasteiger partial charge in [-0.25, -0.2) is 0 Å². The molecular formula is C19H23NO2. The van der Waals surface area contributed by atoms with E-state index in [9.17, 15) is 4.79 Å². The van der Waals surface area contributed by atoms with Gasteiger partial charge in [0, 0.05) is 5.69 Å². The number of rotatable bonds is 5. The molecule has 0 aromatic heterocycles. The van der Waals surface area contributed by atoms with E-state index in [0.717, 1.165) is 17.0 Å². The van der Waals surface area contributed by atoms with Crippen LogP contribution in [-0.2, 0) is 4.79 Å². The van der Waals surface area contributed by atoms with E-state index < -0.39 is 6.10 Å². The quantitative estimate of drug-likeness (QED) is 0.881. The van der Waals surface area contributed by atoms with E-state index in [1.807, 2.05) is 55.5 Å². The summed E-state index contributed by atoms with van der Waals surface area (Å²) in [6.45, 7) is 8.01. The zero-order valence-electron chi connectivity index (χ0n) is 13.6. The molecule has 0 aliphatic carbocycles. The molecular weight excluding hydrogens is 274 g/mol. The lowest BCUT2D eigenvalue weighted by Crippen LogP contribution is -2.30. The summed E-state index contributed by atoms with van der Waals surface area (Å²) in [5.41, 5.74) is 3.06. The van der Waals surface area contributed by atoms with Gasteiger partial charge in [0.15, 0.2) is 6.10 Å². The molecule has 1 N–H and O–H groups in total. The Balaban J connectivity index is 1.98. The second-order valence-electron chi connectivity index (χ2n) is 5.79. The van der Waals surface area contributed by atoms with E-state index >= 15 is 0 Å². The van der Waals surface area contributed by atoms with Gasteiger partial charge in [-0.3, -0.25) is 4.79 Å². The molecule has 0 heterocycles. The lowest BCUT2D eigenvalue weighted by Gasteiger charge is -2.16. The van der Waals surface area contributed by atoms with Crippen LogP contribution < -0.4 is 10.1 Å². The molecule has 3 nitrogen and oxygen atoms in total. The highest BCUT2D eigenvalue weighted by Gasteiger charge is 2.15. The predicted molar refractivity (Wildman–Crippen MR) is 90.4 cm³/mol. The maximum Gasteiger partial charge on any atom is 0.265 e. The molecule has 2 aromatic carbocycles. The van der Waals surface area contributed by atoms with Crippen molar-refractivity contribution in [1.82, 2.24) is 0 Å². The molecule has 0 unspecified atom stereocenters. The van der Waals surface area contributed by atoms with E-state index in [1.54, 1.807) is 6.92 Å². The molecule has 0 aliphatic heterocycles. The van der Waals surface area contributed by atoms with Crippen molar-refractivity contribution in [2.75, 3.05) is 5.32 Å². The Hall–Kier alpha value is -2.29. The van der Waals surface area contributed by atoms with E-state index in [0.29, 0.717) is 5.92 Å². The Morgan fingerprint density at radius 1 is 1.00 bits per heavy atom. The summed E-state index contributed by atoms with van der Waals surface area (Å²) in [5.74, 6) is 1.06. The molecule has 0 spiro atoms. The second-order valence-corrected chi connectivity index (χ2v) is 5.79. The van der Waals surface area contributed by atoms with Crippen molar-refractivity contribution in [1.29, 1.82) is 0 Å². The first-order valence-corrected chi connectivity index (χ1v) is 7.60. The van der Waals surface area contributed by atoms with Crippen LogP contribution in [-0.4, -0.2) is 12.0 Å². The van der Waals surface area contributed by atoms with Crippen LogP contribution in [0.5, 0.6) is 5.75 Å². The van der Waals surface area contributed by atoms with Gasteiger partial charge in [-0.1, -0.05) is 44.2 Å². The number of para-hydroxylation sites is 1. The predicted octanol–water partition coefficient (Wildman–Crippen LogP) is 4.52. The minimum Gasteiger partial charge on any atom is -0.481 e. The first-order chi connectivity index (χ1) is 10.5. The summed E-state index contributed by atoms with van der Waals surface area (Å²) in [6, 6.07) is 15.6. The highest BCUT2D eigenvalue weighted by Crippen LogP contribution is 2.19. The fourth-order valence-electron chi connectivity index (χ4n) is 2.13. The van der Waals surface area contributed by atoms with Gasteiger partial charge in [0.1, 0.15) is 5.75 Å². The minimum atomic E-state index is -0.550. The largest absolute Gasteiger partial charge is 0.481 e. The fraction of sp³-hybridized carbons (Fsp3) is 0.316. The molecule has 0 aliphatic rings. The van der Waals surface area contributed by atoms with Gasteiger partial charge < -0.3 is 10.1 Å². The molecule has 2 rings (SSSR count). The standard InChI is InChI=1S/C19H23NO2/c1-13(2)16-9-11-17(12-10-16)20-19(21)15(4)22-18-8-6-5-7-14(18)3/h5-13,15H,1-4H3,(H,20,21)/t15-/m0/s1. The summed E-state index contributed by atoms with van der Waals surface area (Å²) in [4.78, 5) is 12.2. The molecule has 2 aromatic rings. The Bertz CT molecular complexity index is 632. The summed E-state index contributed by atoms with van der Waals surface area (Å²) >= 11 is 0. The molecule has 1 atom stereocenters. The zero-order valence-corrected chi connectivity index (χ0v) is 13.6. The number of benzene rings is 2. The van der Waals surface area contributed by atoms with Gasteiger partial charge >= 0.3 is 0 Å². The number of aryl methyl sites for hydroxylation is 1. The van der Waals surface area contributed by atoms with Crippen molar-refractivity contribution >= 4 is 11.6 Å². The first-order valence-electron chi connectivity index (χ1n) is 7.60. The highest BCUT2D eigenvalue weighted by atomic mass is 16.5. The zero-order chi connectivity index (χ0) is 16.1. The Morgan fingerprint density at radius 2 is 1.64 bits per heavy atom. The first kappa shape index (κ1) is 16.1. The summed E-state index contributed by atoms with van der Waals surface area (Å²) in [6.07, 6.45) is -0.550. The summed E-state index contributed by atoms with van der Waals surface area (Å²) < 4.78 is 5.73. The molecule has 22 heavy (non-hydrogen) atoms. The second kappa shape index (κ2) is 7.12. The van der Waals surface area contributed by atoms with Crippen LogP contribution in [0.3, 0.4) is 0 Å². The van der Waals surface area contributed by atoms with Crippen LogP contribution in [0.2, 0.25) is 0 Å². The molecule has 0 bridgehead atoms. The third-order valence-corrected chi connectivity index (χ3v) is 3.61. The van der Waals surface area contributed by atoms with Crippen molar-refractivity contribution in [2.45, 2.75) is 39.7 Å². The average molecular weight is 297 g/mol. The third kappa shape index (κ3) is 4.10. The molecule has 1 amide bonds. The van der Waals surface area contributed by atoms with Crippen LogP contribution >= 0.6 is 0 Å². The van der Waals surface area contributed by atoms with Gasteiger partial charge in [-0.05, 0) is 49.1 Å². The normalized spacial score (nSPS) is 12.0. The van der Waals surface area contributed by atoms with Crippen molar-refractivity contribution in [3.8, 4) is 5.75 Å². The fourth-order valence-corrected chi connectivity index (χ4v) is 2.13. The monoisotopic (exact) mass is 297 g/mol. The van der Waals surface area contributed by atoms with Crippen molar-refractivity contribution in [3.63, 3.8) is 0 Å². The van der Waals surface area contributed by atoms with Crippen molar-refractivity contribution in [3.05, 3.63) is 59.7 Å². The topological polar surface area (TPSA) is 38.3 Å². The smallest absolute Gasteiger partial charge is 0.265 e. The van der Waals surface area contributed by atoms with Crippen LogP contribution in [0.25, 0.3) is 0 Å². The van der Waals surface area contributed by atoms with Gasteiger partial charge in [-0.2, -0.15) is 0 Å². The van der Waals surface area contributed by atoms with Crippen LogP contribution in [0.4, 0.5) is 5.69 Å². The van der Waals surface area contributed by atoms with Gasteiger partial charge in [0.05, 0.1) is 0 Å². The van der Waals surface area contributed by atoms with E-state index in [1.165, 1.54) is 5.56 Å². The average Bonchev–Trinajstić information content (AvgIpc) is 2.50. The van der Waals surface area contributed by atoms with Gasteiger partial charge in [0.2, 0.25) is 0 Å². The van der Waals surface area contributed by atoms with E-state index in [-0.39, 0.29) is 5.91 Å². The lowest BCUT2D eigenvalue weighted by atomic mass is 10.0. The third-order valence-electron chi connectivity index (χ3n) is 3.61. The SMILES string of the molecule is Cc1ccccc1O[C@@H](C)C(=O)Nc1ccc(C(C)C)cc1. The molecule has 0 saturated carbocycles. The Morgan fingerprint density at radius 3 is 2.23 bits per heavy atom. The minimum absolute atomic E-state index is 0.152. The Labute approximate surface area is 132 Å². The number of carbonyl (C=O) groups excluding carboxylic acids is 1. The number of amides is 1. The molecule has 0 radical (unpaired) electrons. The van der Waals surface area contributed by atoms with E-state index in [2.05, 4.69) is 19.2 Å². The molecule has 116 valence electrons. The van der Waals surface area contributed by atoms with Gasteiger partial charge in [-0.15, -0.1) is 0 Å². The van der Waals surface area contributed by atoms with Gasteiger partial charge in [0.25, 0.3) is 5.91 Å². The summed E-state index contributed by atoms with van der Waals surface area (Å²) in [7, 11) is 0. The van der Waals surface area contributed by atoms with Crippen LogP contribution in [0.15, 0.2) is 48.5 Å². The van der Waals surface area contributed by atoms with Crippen molar-refractivity contribution in [2.24, 2.45) is 0 Å². The maximum absolute atomic E-state index is 12.2. The highest BCUT2D eigenvalue weighted by molar-refractivity contribution is 5.94. The number of nitrogens with one attached hydrogen (secondary N) is 1. The number of anilines is 1. The van der Waals surface area contributed by atoms with Crippen molar-refractivity contribution < 1.29 is 9.53 Å².